The van der Waals surface area contributed by atoms with Gasteiger partial charge >= 0.3 is 0 Å². The zero-order valence-electron chi connectivity index (χ0n) is 19.5. The van der Waals surface area contributed by atoms with Crippen LogP contribution in [-0.2, 0) is 14.3 Å². The Kier molecular flexibility index (Phi) is 7.60. The van der Waals surface area contributed by atoms with E-state index in [1.54, 1.807) is 37.4 Å². The molecular formula is C25H29NO7. The maximum absolute atomic E-state index is 13.2. The number of amides is 1. The summed E-state index contributed by atoms with van der Waals surface area (Å²) in [6.45, 7) is 2.53. The van der Waals surface area contributed by atoms with Crippen molar-refractivity contribution in [3.05, 3.63) is 58.7 Å². The van der Waals surface area contributed by atoms with Gasteiger partial charge in [0.15, 0.2) is 11.5 Å². The molecule has 1 saturated heterocycles. The van der Waals surface area contributed by atoms with Gasteiger partial charge in [-0.15, -0.1) is 0 Å². The lowest BCUT2D eigenvalue weighted by atomic mass is 9.93. The monoisotopic (exact) mass is 455 g/mol. The van der Waals surface area contributed by atoms with Gasteiger partial charge in [-0.25, -0.2) is 0 Å². The van der Waals surface area contributed by atoms with Gasteiger partial charge in [0, 0.05) is 25.8 Å². The number of hydrogen-bond acceptors (Lipinski definition) is 7. The number of para-hydroxylation sites is 1. The van der Waals surface area contributed by atoms with Gasteiger partial charge < -0.3 is 29.0 Å². The number of aliphatic hydroxyl groups excluding tert-OH is 1. The number of carbonyl (C=O) groups is 2. The van der Waals surface area contributed by atoms with Gasteiger partial charge in [-0.05, 0) is 31.5 Å². The van der Waals surface area contributed by atoms with Crippen molar-refractivity contribution in [2.45, 2.75) is 19.4 Å². The lowest BCUT2D eigenvalue weighted by Gasteiger charge is -2.27. The van der Waals surface area contributed by atoms with Crippen molar-refractivity contribution in [2.24, 2.45) is 0 Å². The van der Waals surface area contributed by atoms with E-state index in [-0.39, 0.29) is 17.9 Å². The molecule has 2 aromatic rings. The third-order valence-electron chi connectivity index (χ3n) is 5.63. The number of aryl methyl sites for hydroxylation is 1. The highest BCUT2D eigenvalue weighted by atomic mass is 16.5. The van der Waals surface area contributed by atoms with E-state index in [0.29, 0.717) is 41.4 Å². The number of aliphatic hydroxyl groups is 1. The summed E-state index contributed by atoms with van der Waals surface area (Å²) < 4.78 is 21.6. The standard InChI is InChI=1S/C25H29NO7/c1-15-10-11-18(31-3)17(14-15)22(27)20-21(16-8-6-9-19(32-4)24(16)33-5)26(12-7-13-30-2)25(29)23(20)28/h6,8-11,14,21,27H,7,12-13H2,1-5H3/b22-20+. The summed E-state index contributed by atoms with van der Waals surface area (Å²) in [5, 5.41) is 11.4. The van der Waals surface area contributed by atoms with Crippen molar-refractivity contribution < 1.29 is 33.6 Å². The van der Waals surface area contributed by atoms with Gasteiger partial charge in [0.1, 0.15) is 11.5 Å². The zero-order chi connectivity index (χ0) is 24.1. The Labute approximate surface area is 193 Å². The Bertz CT molecular complexity index is 1080. The number of ketones is 1. The molecule has 8 heteroatoms. The minimum atomic E-state index is -0.878. The van der Waals surface area contributed by atoms with Crippen molar-refractivity contribution in [3.63, 3.8) is 0 Å². The molecule has 1 fully saturated rings. The summed E-state index contributed by atoms with van der Waals surface area (Å²) in [5.74, 6) is -0.563. The summed E-state index contributed by atoms with van der Waals surface area (Å²) in [5.41, 5.74) is 1.69. The minimum absolute atomic E-state index is 0.0344. The van der Waals surface area contributed by atoms with Gasteiger partial charge in [-0.2, -0.15) is 0 Å². The number of rotatable bonds is 9. The number of ether oxygens (including phenoxy) is 4. The third-order valence-corrected chi connectivity index (χ3v) is 5.63. The van der Waals surface area contributed by atoms with E-state index in [1.807, 2.05) is 13.0 Å². The summed E-state index contributed by atoms with van der Waals surface area (Å²) in [7, 11) is 6.05. The molecule has 0 saturated carbocycles. The van der Waals surface area contributed by atoms with Crippen LogP contribution in [0.1, 0.15) is 29.2 Å². The van der Waals surface area contributed by atoms with Crippen LogP contribution in [0.3, 0.4) is 0 Å². The quantitative estimate of drug-likeness (QED) is 0.268. The second-order valence-electron chi connectivity index (χ2n) is 7.63. The number of hydrogen-bond donors (Lipinski definition) is 1. The highest BCUT2D eigenvalue weighted by Crippen LogP contribution is 2.46. The van der Waals surface area contributed by atoms with E-state index in [9.17, 15) is 14.7 Å². The molecule has 1 aliphatic rings. The smallest absolute Gasteiger partial charge is 0.295 e. The summed E-state index contributed by atoms with van der Waals surface area (Å²) in [6.07, 6.45) is 0.514. The van der Waals surface area contributed by atoms with Gasteiger partial charge in [0.25, 0.3) is 11.7 Å². The molecular weight excluding hydrogens is 426 g/mol. The molecule has 176 valence electrons. The fourth-order valence-electron chi connectivity index (χ4n) is 4.09. The first-order chi connectivity index (χ1) is 15.9. The van der Waals surface area contributed by atoms with Crippen LogP contribution in [0.5, 0.6) is 17.2 Å². The number of nitrogens with zero attached hydrogens (tertiary/aromatic N) is 1. The molecule has 1 unspecified atom stereocenters. The Balaban J connectivity index is 2.28. The molecule has 1 aliphatic heterocycles. The maximum atomic E-state index is 13.2. The van der Waals surface area contributed by atoms with Crippen LogP contribution in [0.15, 0.2) is 42.0 Å². The SMILES string of the molecule is COCCCN1C(=O)C(=O)/C(=C(/O)c2cc(C)ccc2OC)C1c1cccc(OC)c1OC. The first-order valence-corrected chi connectivity index (χ1v) is 10.5. The summed E-state index contributed by atoms with van der Waals surface area (Å²) in [4.78, 5) is 27.8. The second-order valence-corrected chi connectivity index (χ2v) is 7.63. The Hall–Kier alpha value is -3.52. The fraction of sp³-hybridized carbons (Fsp3) is 0.360. The molecule has 8 nitrogen and oxygen atoms in total. The number of likely N-dealkylation sites (tertiary alicyclic amines) is 1. The topological polar surface area (TPSA) is 94.5 Å². The summed E-state index contributed by atoms with van der Waals surface area (Å²) in [6, 6.07) is 9.61. The average Bonchev–Trinajstić information content (AvgIpc) is 3.07. The maximum Gasteiger partial charge on any atom is 0.295 e. The van der Waals surface area contributed by atoms with Gasteiger partial charge in [-0.3, -0.25) is 9.59 Å². The number of methoxy groups -OCH3 is 4. The van der Waals surface area contributed by atoms with Crippen LogP contribution < -0.4 is 14.2 Å². The van der Waals surface area contributed by atoms with E-state index in [0.717, 1.165) is 5.56 Å². The molecule has 0 bridgehead atoms. The van der Waals surface area contributed by atoms with Gasteiger partial charge in [-0.1, -0.05) is 23.8 Å². The largest absolute Gasteiger partial charge is 0.507 e. The molecule has 1 amide bonds. The van der Waals surface area contributed by atoms with Crippen LogP contribution in [0, 0.1) is 6.92 Å². The van der Waals surface area contributed by atoms with E-state index in [2.05, 4.69) is 0 Å². The van der Waals surface area contributed by atoms with Crippen LogP contribution in [0.2, 0.25) is 0 Å². The van der Waals surface area contributed by atoms with E-state index >= 15 is 0 Å². The minimum Gasteiger partial charge on any atom is -0.507 e. The van der Waals surface area contributed by atoms with Crippen LogP contribution in [0.4, 0.5) is 0 Å². The molecule has 2 aromatic carbocycles. The first kappa shape index (κ1) is 24.1. The number of carbonyl (C=O) groups excluding carboxylic acids is 2. The molecule has 0 aromatic heterocycles. The van der Waals surface area contributed by atoms with Gasteiger partial charge in [0.2, 0.25) is 0 Å². The lowest BCUT2D eigenvalue weighted by molar-refractivity contribution is -0.140. The molecule has 1 heterocycles. The molecule has 0 spiro atoms. The van der Waals surface area contributed by atoms with Crippen LogP contribution >= 0.6 is 0 Å². The second kappa shape index (κ2) is 10.4. The molecule has 1 atom stereocenters. The molecule has 1 N–H and O–H groups in total. The number of Topliss-reactive ketones (excluding diaryl/α,β-unsaturated/α-hetero) is 1. The third kappa shape index (κ3) is 4.52. The Morgan fingerprint density at radius 1 is 1.00 bits per heavy atom. The van der Waals surface area contributed by atoms with E-state index in [1.165, 1.54) is 26.2 Å². The molecule has 0 aliphatic carbocycles. The highest BCUT2D eigenvalue weighted by Gasteiger charge is 2.47. The fourth-order valence-corrected chi connectivity index (χ4v) is 4.09. The molecule has 0 radical (unpaired) electrons. The van der Waals surface area contributed by atoms with Crippen molar-refractivity contribution in [3.8, 4) is 17.2 Å². The normalized spacial score (nSPS) is 17.4. The average molecular weight is 456 g/mol. The lowest BCUT2D eigenvalue weighted by Crippen LogP contribution is -2.31. The van der Waals surface area contributed by atoms with Gasteiger partial charge in [0.05, 0.1) is 38.5 Å². The zero-order valence-corrected chi connectivity index (χ0v) is 19.5. The van der Waals surface area contributed by atoms with Crippen molar-refractivity contribution >= 4 is 17.4 Å². The first-order valence-electron chi connectivity index (χ1n) is 10.5. The van der Waals surface area contributed by atoms with Crippen LogP contribution in [-0.4, -0.2) is 63.3 Å². The summed E-state index contributed by atoms with van der Waals surface area (Å²) >= 11 is 0. The Morgan fingerprint density at radius 2 is 1.73 bits per heavy atom. The predicted molar refractivity (Wildman–Crippen MR) is 123 cm³/mol. The molecule has 33 heavy (non-hydrogen) atoms. The van der Waals surface area contributed by atoms with Crippen molar-refractivity contribution in [1.29, 1.82) is 0 Å². The number of benzene rings is 2. The van der Waals surface area contributed by atoms with Crippen molar-refractivity contribution in [2.75, 3.05) is 41.6 Å². The predicted octanol–water partition coefficient (Wildman–Crippen LogP) is 3.48. The highest BCUT2D eigenvalue weighted by molar-refractivity contribution is 6.46. The van der Waals surface area contributed by atoms with Crippen LogP contribution in [0.25, 0.3) is 5.76 Å². The van der Waals surface area contributed by atoms with E-state index < -0.39 is 17.7 Å². The Morgan fingerprint density at radius 3 is 2.36 bits per heavy atom. The molecule has 3 rings (SSSR count). The van der Waals surface area contributed by atoms with E-state index in [4.69, 9.17) is 18.9 Å². The van der Waals surface area contributed by atoms with Crippen molar-refractivity contribution in [1.82, 2.24) is 4.90 Å².